The van der Waals surface area contributed by atoms with Gasteiger partial charge in [0, 0.05) is 38.0 Å². The fraction of sp³-hybridized carbons (Fsp3) is 0.500. The number of pyridine rings is 1. The van der Waals surface area contributed by atoms with Crippen LogP contribution in [0.4, 0.5) is 5.13 Å². The Hall–Kier alpha value is -2.06. The second-order valence-corrected chi connectivity index (χ2v) is 7.00. The summed E-state index contributed by atoms with van der Waals surface area (Å²) in [7, 11) is 0. The highest BCUT2D eigenvalue weighted by atomic mass is 32.1. The Kier molecular flexibility index (Phi) is 4.40. The zero-order chi connectivity index (χ0) is 16.4. The largest absolute Gasteiger partial charge is 0.376 e. The molecule has 0 bridgehead atoms. The first-order valence-corrected chi connectivity index (χ1v) is 9.03. The first-order valence-electron chi connectivity index (χ1n) is 8.15. The van der Waals surface area contributed by atoms with Crippen molar-refractivity contribution in [2.75, 3.05) is 24.6 Å². The van der Waals surface area contributed by atoms with Crippen LogP contribution in [-0.2, 0) is 4.74 Å². The maximum atomic E-state index is 12.5. The minimum atomic E-state index is -0.111. The monoisotopic (exact) mass is 345 g/mol. The van der Waals surface area contributed by atoms with Crippen LogP contribution in [-0.4, -0.2) is 52.9 Å². The van der Waals surface area contributed by atoms with E-state index < -0.39 is 0 Å². The SMILES string of the molecule is O=C(N[C@@H]1CN(c2nncs2)C[C@@H]2CCCO[C@@H]21)c1cccnc1. The lowest BCUT2D eigenvalue weighted by Crippen LogP contribution is -2.61. The number of amides is 1. The Morgan fingerprint density at radius 1 is 1.42 bits per heavy atom. The number of rotatable bonds is 3. The third-order valence-corrected chi connectivity index (χ3v) is 5.37. The van der Waals surface area contributed by atoms with E-state index in [0.29, 0.717) is 18.0 Å². The molecule has 2 fully saturated rings. The Labute approximate surface area is 144 Å². The van der Waals surface area contributed by atoms with Crippen molar-refractivity contribution in [1.29, 1.82) is 0 Å². The first kappa shape index (κ1) is 15.5. The van der Waals surface area contributed by atoms with E-state index in [0.717, 1.165) is 31.1 Å². The molecule has 0 aliphatic carbocycles. The van der Waals surface area contributed by atoms with E-state index in [1.807, 2.05) is 0 Å². The van der Waals surface area contributed by atoms with Crippen LogP contribution < -0.4 is 10.2 Å². The molecule has 8 heteroatoms. The van der Waals surface area contributed by atoms with Crippen LogP contribution in [0.2, 0.25) is 0 Å². The standard InChI is InChI=1S/C16H19N5O2S/c22-15(11-3-1-5-17-7-11)19-13-9-21(16-20-18-10-24-16)8-12-4-2-6-23-14(12)13/h1,3,5,7,10,12-14H,2,4,6,8-9H2,(H,19,22)/t12-,13+,14-/m0/s1. The molecule has 0 radical (unpaired) electrons. The van der Waals surface area contributed by atoms with E-state index in [1.54, 1.807) is 30.0 Å². The summed E-state index contributed by atoms with van der Waals surface area (Å²) in [6, 6.07) is 3.47. The van der Waals surface area contributed by atoms with Crippen LogP contribution in [0.5, 0.6) is 0 Å². The van der Waals surface area contributed by atoms with E-state index in [1.165, 1.54) is 11.3 Å². The summed E-state index contributed by atoms with van der Waals surface area (Å²) in [5.41, 5.74) is 2.31. The molecule has 2 aromatic heterocycles. The van der Waals surface area contributed by atoms with Crippen molar-refractivity contribution in [2.24, 2.45) is 5.92 Å². The van der Waals surface area contributed by atoms with Gasteiger partial charge in [0.25, 0.3) is 5.91 Å². The molecule has 0 aromatic carbocycles. The molecule has 1 amide bonds. The molecule has 0 spiro atoms. The highest BCUT2D eigenvalue weighted by Gasteiger charge is 2.40. The van der Waals surface area contributed by atoms with Crippen molar-refractivity contribution >= 4 is 22.4 Å². The number of hydrogen-bond acceptors (Lipinski definition) is 7. The summed E-state index contributed by atoms with van der Waals surface area (Å²) in [4.78, 5) is 18.8. The topological polar surface area (TPSA) is 80.2 Å². The molecule has 0 unspecified atom stereocenters. The summed E-state index contributed by atoms with van der Waals surface area (Å²) in [6.45, 7) is 2.35. The van der Waals surface area contributed by atoms with Gasteiger partial charge in [-0.25, -0.2) is 0 Å². The summed E-state index contributed by atoms with van der Waals surface area (Å²) in [6.07, 6.45) is 5.48. The maximum Gasteiger partial charge on any atom is 0.253 e. The van der Waals surface area contributed by atoms with Crippen molar-refractivity contribution in [2.45, 2.75) is 25.0 Å². The highest BCUT2D eigenvalue weighted by Crippen LogP contribution is 2.31. The Morgan fingerprint density at radius 3 is 3.17 bits per heavy atom. The average molecular weight is 345 g/mol. The van der Waals surface area contributed by atoms with Gasteiger partial charge in [0.2, 0.25) is 5.13 Å². The molecule has 7 nitrogen and oxygen atoms in total. The molecule has 0 saturated carbocycles. The number of anilines is 1. The maximum absolute atomic E-state index is 12.5. The smallest absolute Gasteiger partial charge is 0.253 e. The van der Waals surface area contributed by atoms with Crippen molar-refractivity contribution in [3.63, 3.8) is 0 Å². The number of carbonyl (C=O) groups is 1. The van der Waals surface area contributed by atoms with E-state index in [4.69, 9.17) is 4.74 Å². The van der Waals surface area contributed by atoms with E-state index >= 15 is 0 Å². The average Bonchev–Trinajstić information content (AvgIpc) is 3.17. The van der Waals surface area contributed by atoms with E-state index in [2.05, 4.69) is 25.4 Å². The summed E-state index contributed by atoms with van der Waals surface area (Å²) in [5, 5.41) is 12.2. The molecule has 3 atom stereocenters. The number of fused-ring (bicyclic) bond motifs is 1. The predicted octanol–water partition coefficient (Wildman–Crippen LogP) is 1.35. The van der Waals surface area contributed by atoms with Gasteiger partial charge in [0.1, 0.15) is 5.51 Å². The molecule has 24 heavy (non-hydrogen) atoms. The predicted molar refractivity (Wildman–Crippen MR) is 90.1 cm³/mol. The lowest BCUT2D eigenvalue weighted by molar-refractivity contribution is -0.0521. The molecule has 2 saturated heterocycles. The zero-order valence-corrected chi connectivity index (χ0v) is 14.0. The van der Waals surface area contributed by atoms with Gasteiger partial charge in [-0.15, -0.1) is 10.2 Å². The minimum Gasteiger partial charge on any atom is -0.376 e. The second kappa shape index (κ2) is 6.82. The van der Waals surface area contributed by atoms with Gasteiger partial charge < -0.3 is 15.0 Å². The normalized spacial score (nSPS) is 26.7. The quantitative estimate of drug-likeness (QED) is 0.904. The highest BCUT2D eigenvalue weighted by molar-refractivity contribution is 7.13. The van der Waals surface area contributed by atoms with Crippen molar-refractivity contribution in [3.8, 4) is 0 Å². The number of nitrogens with zero attached hydrogens (tertiary/aromatic N) is 4. The van der Waals surface area contributed by atoms with Gasteiger partial charge in [0.15, 0.2) is 0 Å². The summed E-state index contributed by atoms with van der Waals surface area (Å²) < 4.78 is 6.01. The third kappa shape index (κ3) is 3.11. The number of carbonyl (C=O) groups excluding carboxylic acids is 1. The summed E-state index contributed by atoms with van der Waals surface area (Å²) in [5.74, 6) is 0.288. The Morgan fingerprint density at radius 2 is 2.38 bits per heavy atom. The Bertz CT molecular complexity index is 681. The minimum absolute atomic E-state index is 0.0588. The molecule has 4 rings (SSSR count). The fourth-order valence-electron chi connectivity index (χ4n) is 3.54. The molecule has 126 valence electrons. The molecule has 2 aliphatic heterocycles. The first-order chi connectivity index (χ1) is 11.8. The number of hydrogen-bond donors (Lipinski definition) is 1. The molecule has 2 aliphatic rings. The van der Waals surface area contributed by atoms with Gasteiger partial charge in [-0.3, -0.25) is 9.78 Å². The van der Waals surface area contributed by atoms with Gasteiger partial charge in [-0.2, -0.15) is 0 Å². The van der Waals surface area contributed by atoms with Crippen molar-refractivity contribution < 1.29 is 9.53 Å². The number of aromatic nitrogens is 3. The second-order valence-electron chi connectivity index (χ2n) is 6.19. The fourth-order valence-corrected chi connectivity index (χ4v) is 4.12. The van der Waals surface area contributed by atoms with Crippen LogP contribution in [0.25, 0.3) is 0 Å². The van der Waals surface area contributed by atoms with Crippen LogP contribution in [0.3, 0.4) is 0 Å². The van der Waals surface area contributed by atoms with Crippen molar-refractivity contribution in [1.82, 2.24) is 20.5 Å². The molecule has 1 N–H and O–H groups in total. The van der Waals surface area contributed by atoms with Gasteiger partial charge in [0.05, 0.1) is 17.7 Å². The third-order valence-electron chi connectivity index (χ3n) is 4.62. The molecule has 2 aromatic rings. The van der Waals surface area contributed by atoms with Crippen LogP contribution >= 0.6 is 11.3 Å². The Balaban J connectivity index is 1.53. The molecular weight excluding hydrogens is 326 g/mol. The lowest BCUT2D eigenvalue weighted by atomic mass is 9.85. The van der Waals surface area contributed by atoms with Gasteiger partial charge >= 0.3 is 0 Å². The van der Waals surface area contributed by atoms with Crippen molar-refractivity contribution in [3.05, 3.63) is 35.6 Å². The lowest BCUT2D eigenvalue weighted by Gasteiger charge is -2.45. The summed E-state index contributed by atoms with van der Waals surface area (Å²) >= 11 is 1.53. The molecular formula is C16H19N5O2S. The number of nitrogens with one attached hydrogen (secondary N) is 1. The zero-order valence-electron chi connectivity index (χ0n) is 13.2. The van der Waals surface area contributed by atoms with E-state index in [9.17, 15) is 4.79 Å². The molecule has 4 heterocycles. The van der Waals surface area contributed by atoms with Crippen LogP contribution in [0.15, 0.2) is 30.0 Å². The van der Waals surface area contributed by atoms with Crippen LogP contribution in [0, 0.1) is 5.92 Å². The van der Waals surface area contributed by atoms with Gasteiger partial charge in [-0.1, -0.05) is 11.3 Å². The number of ether oxygens (including phenoxy) is 1. The number of piperidine rings is 1. The van der Waals surface area contributed by atoms with Gasteiger partial charge in [-0.05, 0) is 25.0 Å². The van der Waals surface area contributed by atoms with Crippen LogP contribution in [0.1, 0.15) is 23.2 Å². The van der Waals surface area contributed by atoms with E-state index in [-0.39, 0.29) is 18.1 Å².